The molecule has 17 heavy (non-hydrogen) atoms. The van der Waals surface area contributed by atoms with Crippen molar-refractivity contribution in [2.75, 3.05) is 5.75 Å². The average Bonchev–Trinajstić information content (AvgIpc) is 2.20. The normalized spacial score (nSPS) is 11.4. The second-order valence-electron chi connectivity index (χ2n) is 4.25. The summed E-state index contributed by atoms with van der Waals surface area (Å²) in [6.45, 7) is 3.74. The lowest BCUT2D eigenvalue weighted by Gasteiger charge is -2.06. The Labute approximate surface area is 103 Å². The summed E-state index contributed by atoms with van der Waals surface area (Å²) >= 11 is 0. The highest BCUT2D eigenvalue weighted by Gasteiger charge is 2.17. The summed E-state index contributed by atoms with van der Waals surface area (Å²) in [5.74, 6) is -0.578. The van der Waals surface area contributed by atoms with Crippen LogP contribution in [0.3, 0.4) is 0 Å². The van der Waals surface area contributed by atoms with Crippen LogP contribution < -0.4 is 0 Å². The summed E-state index contributed by atoms with van der Waals surface area (Å²) < 4.78 is 23.6. The van der Waals surface area contributed by atoms with Crippen molar-refractivity contribution in [2.24, 2.45) is 0 Å². The van der Waals surface area contributed by atoms with Crippen LogP contribution in [0.2, 0.25) is 0 Å². The molecule has 0 fully saturated rings. The number of carbonyl (C=O) groups excluding carboxylic acids is 1. The summed E-state index contributed by atoms with van der Waals surface area (Å²) in [7, 11) is -3.33. The Bertz CT molecular complexity index is 489. The third-order valence-electron chi connectivity index (χ3n) is 2.55. The van der Waals surface area contributed by atoms with Gasteiger partial charge in [-0.3, -0.25) is 4.79 Å². The van der Waals surface area contributed by atoms with Gasteiger partial charge in [-0.25, -0.2) is 8.42 Å². The Morgan fingerprint density at radius 3 is 2.47 bits per heavy atom. The summed E-state index contributed by atoms with van der Waals surface area (Å²) in [6.07, 6.45) is 1.03. The van der Waals surface area contributed by atoms with Crippen molar-refractivity contribution >= 4 is 15.6 Å². The fourth-order valence-corrected chi connectivity index (χ4v) is 3.19. The van der Waals surface area contributed by atoms with Crippen LogP contribution in [-0.2, 0) is 20.4 Å². The van der Waals surface area contributed by atoms with E-state index in [9.17, 15) is 13.2 Å². The van der Waals surface area contributed by atoms with Crippen LogP contribution in [0.5, 0.6) is 0 Å². The predicted octanol–water partition coefficient (Wildman–Crippen LogP) is 2.28. The maximum absolute atomic E-state index is 11.8. The first-order valence-electron chi connectivity index (χ1n) is 5.71. The molecule has 0 aliphatic heterocycles. The van der Waals surface area contributed by atoms with Crippen LogP contribution in [-0.4, -0.2) is 20.0 Å². The van der Waals surface area contributed by atoms with Gasteiger partial charge in [0.1, 0.15) is 11.5 Å². The molecule has 0 saturated heterocycles. The van der Waals surface area contributed by atoms with Gasteiger partial charge in [0.25, 0.3) is 0 Å². The molecule has 0 atom stereocenters. The molecule has 0 heterocycles. The number of hydrogen-bond donors (Lipinski definition) is 0. The van der Waals surface area contributed by atoms with Gasteiger partial charge in [-0.15, -0.1) is 0 Å². The highest BCUT2D eigenvalue weighted by atomic mass is 32.2. The molecule has 4 heteroatoms. The summed E-state index contributed by atoms with van der Waals surface area (Å²) in [6, 6.07) is 7.34. The number of sulfone groups is 1. The molecule has 1 rings (SSSR count). The number of rotatable bonds is 6. The van der Waals surface area contributed by atoms with Crippen molar-refractivity contribution in [2.45, 2.75) is 32.4 Å². The Kier molecular flexibility index (Phi) is 4.87. The fraction of sp³-hybridized carbons (Fsp3) is 0.462. The van der Waals surface area contributed by atoms with E-state index in [1.807, 2.05) is 32.0 Å². The average molecular weight is 254 g/mol. The van der Waals surface area contributed by atoms with Gasteiger partial charge in [-0.1, -0.05) is 31.2 Å². The Balaban J connectivity index is 2.74. The topological polar surface area (TPSA) is 51.2 Å². The predicted molar refractivity (Wildman–Crippen MR) is 68.6 cm³/mol. The molecule has 94 valence electrons. The van der Waals surface area contributed by atoms with E-state index >= 15 is 0 Å². The van der Waals surface area contributed by atoms with E-state index in [1.165, 1.54) is 0 Å². The minimum Gasteiger partial charge on any atom is -0.299 e. The van der Waals surface area contributed by atoms with Crippen LogP contribution >= 0.6 is 0 Å². The number of hydrogen-bond acceptors (Lipinski definition) is 3. The zero-order valence-corrected chi connectivity index (χ0v) is 11.1. The molecule has 0 spiro atoms. The lowest BCUT2D eigenvalue weighted by atomic mass is 10.1. The van der Waals surface area contributed by atoms with E-state index in [0.717, 1.165) is 11.1 Å². The number of carbonyl (C=O) groups is 1. The van der Waals surface area contributed by atoms with E-state index in [-0.39, 0.29) is 17.3 Å². The van der Waals surface area contributed by atoms with Gasteiger partial charge < -0.3 is 0 Å². The lowest BCUT2D eigenvalue weighted by Crippen LogP contribution is -2.17. The second-order valence-corrected chi connectivity index (χ2v) is 6.31. The summed E-state index contributed by atoms with van der Waals surface area (Å²) in [5, 5.41) is 0. The standard InChI is InChI=1S/C13H18O3S/c1-3-6-13(14)10-17(15,16)9-12-8-5-4-7-11(12)2/h4-5,7-8H,3,6,9-10H2,1-2H3. The largest absolute Gasteiger partial charge is 0.299 e. The van der Waals surface area contributed by atoms with Crippen LogP contribution in [0.15, 0.2) is 24.3 Å². The SMILES string of the molecule is CCCC(=O)CS(=O)(=O)Cc1ccccc1C. The molecule has 1 aromatic rings. The van der Waals surface area contributed by atoms with E-state index < -0.39 is 9.84 Å². The van der Waals surface area contributed by atoms with Crippen LogP contribution in [0, 0.1) is 6.92 Å². The Morgan fingerprint density at radius 2 is 1.88 bits per heavy atom. The van der Waals surface area contributed by atoms with Gasteiger partial charge >= 0.3 is 0 Å². The summed E-state index contributed by atoms with van der Waals surface area (Å²) in [5.41, 5.74) is 1.72. The molecule has 0 amide bonds. The highest BCUT2D eigenvalue weighted by molar-refractivity contribution is 7.91. The minimum absolute atomic E-state index is 0.0465. The van der Waals surface area contributed by atoms with Crippen molar-refractivity contribution in [3.8, 4) is 0 Å². The zero-order valence-electron chi connectivity index (χ0n) is 10.3. The zero-order chi connectivity index (χ0) is 12.9. The minimum atomic E-state index is -3.33. The Hall–Kier alpha value is -1.16. The monoisotopic (exact) mass is 254 g/mol. The molecule has 1 aromatic carbocycles. The van der Waals surface area contributed by atoms with E-state index in [0.29, 0.717) is 12.8 Å². The second kappa shape index (κ2) is 5.96. The van der Waals surface area contributed by atoms with E-state index in [2.05, 4.69) is 0 Å². The molecule has 0 aromatic heterocycles. The van der Waals surface area contributed by atoms with Gasteiger partial charge in [0.2, 0.25) is 0 Å². The molecule has 0 N–H and O–H groups in total. The third kappa shape index (κ3) is 4.69. The van der Waals surface area contributed by atoms with E-state index in [1.54, 1.807) is 6.07 Å². The van der Waals surface area contributed by atoms with Crippen LogP contribution in [0.25, 0.3) is 0 Å². The maximum atomic E-state index is 11.8. The smallest absolute Gasteiger partial charge is 0.161 e. The van der Waals surface area contributed by atoms with Gasteiger partial charge in [-0.2, -0.15) is 0 Å². The highest BCUT2D eigenvalue weighted by Crippen LogP contribution is 2.12. The quantitative estimate of drug-likeness (QED) is 0.782. The third-order valence-corrected chi connectivity index (χ3v) is 4.06. The maximum Gasteiger partial charge on any atom is 0.161 e. The van der Waals surface area contributed by atoms with Gasteiger partial charge in [-0.05, 0) is 24.5 Å². The van der Waals surface area contributed by atoms with Crippen molar-refractivity contribution in [1.29, 1.82) is 0 Å². The molecule has 3 nitrogen and oxygen atoms in total. The van der Waals surface area contributed by atoms with Crippen molar-refractivity contribution in [1.82, 2.24) is 0 Å². The van der Waals surface area contributed by atoms with Crippen LogP contribution in [0.4, 0.5) is 0 Å². The van der Waals surface area contributed by atoms with Gasteiger partial charge in [0.15, 0.2) is 9.84 Å². The number of Topliss-reactive ketones (excluding diaryl/α,β-unsaturated/α-hetero) is 1. The molecule has 0 aliphatic rings. The number of aryl methyl sites for hydroxylation is 1. The summed E-state index contributed by atoms with van der Waals surface area (Å²) in [4.78, 5) is 11.4. The first-order chi connectivity index (χ1) is 7.94. The fourth-order valence-electron chi connectivity index (χ4n) is 1.66. The first kappa shape index (κ1) is 13.9. The van der Waals surface area contributed by atoms with Gasteiger partial charge in [0, 0.05) is 6.42 Å². The molecule has 0 aliphatic carbocycles. The van der Waals surface area contributed by atoms with Crippen molar-refractivity contribution in [3.63, 3.8) is 0 Å². The molecular formula is C13H18O3S. The van der Waals surface area contributed by atoms with Crippen LogP contribution in [0.1, 0.15) is 30.9 Å². The number of ketones is 1. The molecular weight excluding hydrogens is 236 g/mol. The Morgan fingerprint density at radius 1 is 1.24 bits per heavy atom. The van der Waals surface area contributed by atoms with Gasteiger partial charge in [0.05, 0.1) is 5.75 Å². The molecule has 0 bridgehead atoms. The lowest BCUT2D eigenvalue weighted by molar-refractivity contribution is -0.116. The van der Waals surface area contributed by atoms with E-state index in [4.69, 9.17) is 0 Å². The first-order valence-corrected chi connectivity index (χ1v) is 7.53. The molecule has 0 unspecified atom stereocenters. The molecule has 0 saturated carbocycles. The molecule has 0 radical (unpaired) electrons. The van der Waals surface area contributed by atoms with Crippen molar-refractivity contribution < 1.29 is 13.2 Å². The van der Waals surface area contributed by atoms with Crippen molar-refractivity contribution in [3.05, 3.63) is 35.4 Å². The number of benzene rings is 1.